The van der Waals surface area contributed by atoms with Crippen LogP contribution in [0.1, 0.15) is 31.2 Å². The molecule has 1 aromatic carbocycles. The summed E-state index contributed by atoms with van der Waals surface area (Å²) in [6.07, 6.45) is 6.16. The molecule has 0 spiro atoms. The standard InChI is InChI=1S/C14H15F2N/c15-11-1-4-14(16)10(8-11)5-9-6-12-2-3-13(7-9)17-12/h1,4-5,8,12-13,17H,2-3,6-7H2. The van der Waals surface area contributed by atoms with Gasteiger partial charge in [-0.3, -0.25) is 0 Å². The molecule has 2 bridgehead atoms. The lowest BCUT2D eigenvalue weighted by atomic mass is 9.96. The zero-order valence-corrected chi connectivity index (χ0v) is 9.55. The molecular formula is C14H15F2N. The highest BCUT2D eigenvalue weighted by Crippen LogP contribution is 2.31. The van der Waals surface area contributed by atoms with E-state index in [0.29, 0.717) is 17.6 Å². The van der Waals surface area contributed by atoms with Crippen LogP contribution < -0.4 is 5.32 Å². The average molecular weight is 235 g/mol. The minimum atomic E-state index is -0.379. The first-order chi connectivity index (χ1) is 8.20. The third-order valence-corrected chi connectivity index (χ3v) is 3.67. The van der Waals surface area contributed by atoms with Gasteiger partial charge in [-0.2, -0.15) is 0 Å². The summed E-state index contributed by atoms with van der Waals surface area (Å²) >= 11 is 0. The summed E-state index contributed by atoms with van der Waals surface area (Å²) in [7, 11) is 0. The van der Waals surface area contributed by atoms with Crippen LogP contribution in [0.2, 0.25) is 0 Å². The molecule has 1 nitrogen and oxygen atoms in total. The molecule has 0 aliphatic carbocycles. The fraction of sp³-hybridized carbons (Fsp3) is 0.429. The lowest BCUT2D eigenvalue weighted by Crippen LogP contribution is -2.34. The molecule has 1 N–H and O–H groups in total. The molecule has 3 rings (SSSR count). The second-order valence-corrected chi connectivity index (χ2v) is 5.01. The minimum absolute atomic E-state index is 0.343. The fourth-order valence-electron chi connectivity index (χ4n) is 2.90. The van der Waals surface area contributed by atoms with Crippen LogP contribution in [0.25, 0.3) is 6.08 Å². The molecule has 90 valence electrons. The molecule has 2 fully saturated rings. The van der Waals surface area contributed by atoms with E-state index >= 15 is 0 Å². The molecule has 2 unspecified atom stereocenters. The van der Waals surface area contributed by atoms with Crippen LogP contribution in [0.4, 0.5) is 8.78 Å². The van der Waals surface area contributed by atoms with Gasteiger partial charge in [0, 0.05) is 17.6 Å². The monoisotopic (exact) mass is 235 g/mol. The molecule has 2 aliphatic heterocycles. The lowest BCUT2D eigenvalue weighted by molar-refractivity contribution is 0.476. The van der Waals surface area contributed by atoms with Crippen LogP contribution >= 0.6 is 0 Å². The zero-order chi connectivity index (χ0) is 11.8. The Morgan fingerprint density at radius 3 is 2.53 bits per heavy atom. The third-order valence-electron chi connectivity index (χ3n) is 3.67. The van der Waals surface area contributed by atoms with Crippen molar-refractivity contribution in [1.82, 2.24) is 5.32 Å². The number of benzene rings is 1. The number of rotatable bonds is 1. The van der Waals surface area contributed by atoms with Crippen LogP contribution in [0.5, 0.6) is 0 Å². The van der Waals surface area contributed by atoms with E-state index in [1.807, 2.05) is 6.08 Å². The maximum absolute atomic E-state index is 13.5. The van der Waals surface area contributed by atoms with Crippen LogP contribution in [0, 0.1) is 11.6 Å². The number of halogens is 2. The summed E-state index contributed by atoms with van der Waals surface area (Å²) < 4.78 is 26.6. The second kappa shape index (κ2) is 4.22. The average Bonchev–Trinajstić information content (AvgIpc) is 2.63. The smallest absolute Gasteiger partial charge is 0.130 e. The van der Waals surface area contributed by atoms with E-state index in [0.717, 1.165) is 18.9 Å². The number of hydrogen-bond donors (Lipinski definition) is 1. The van der Waals surface area contributed by atoms with Gasteiger partial charge in [0.1, 0.15) is 11.6 Å². The summed E-state index contributed by atoms with van der Waals surface area (Å²) in [5, 5.41) is 3.52. The number of piperidine rings is 1. The van der Waals surface area contributed by atoms with Crippen molar-refractivity contribution < 1.29 is 8.78 Å². The lowest BCUT2D eigenvalue weighted by Gasteiger charge is -2.23. The van der Waals surface area contributed by atoms with E-state index in [1.54, 1.807) is 0 Å². The first-order valence-corrected chi connectivity index (χ1v) is 6.11. The summed E-state index contributed by atoms with van der Waals surface area (Å²) in [4.78, 5) is 0. The highest BCUT2D eigenvalue weighted by molar-refractivity contribution is 5.54. The highest BCUT2D eigenvalue weighted by atomic mass is 19.1. The summed E-state index contributed by atoms with van der Waals surface area (Å²) in [5.41, 5.74) is 1.61. The maximum Gasteiger partial charge on any atom is 0.130 e. The molecule has 17 heavy (non-hydrogen) atoms. The van der Waals surface area contributed by atoms with Gasteiger partial charge in [-0.1, -0.05) is 11.6 Å². The van der Waals surface area contributed by atoms with Crippen LogP contribution in [-0.4, -0.2) is 12.1 Å². The van der Waals surface area contributed by atoms with Gasteiger partial charge in [0.15, 0.2) is 0 Å². The summed E-state index contributed by atoms with van der Waals surface area (Å²) in [6, 6.07) is 4.70. The molecule has 0 amide bonds. The van der Waals surface area contributed by atoms with Gasteiger partial charge in [0.25, 0.3) is 0 Å². The molecule has 2 atom stereocenters. The van der Waals surface area contributed by atoms with E-state index in [1.165, 1.54) is 30.5 Å². The molecule has 2 heterocycles. The van der Waals surface area contributed by atoms with Crippen molar-refractivity contribution in [1.29, 1.82) is 0 Å². The SMILES string of the molecule is Fc1ccc(F)c(C=C2CC3CCC(C2)N3)c1. The Morgan fingerprint density at radius 1 is 1.12 bits per heavy atom. The predicted octanol–water partition coefficient (Wildman–Crippen LogP) is 3.26. The van der Waals surface area contributed by atoms with Gasteiger partial charge < -0.3 is 5.32 Å². The van der Waals surface area contributed by atoms with Crippen molar-refractivity contribution in [3.05, 3.63) is 41.0 Å². The Hall–Kier alpha value is -1.22. The van der Waals surface area contributed by atoms with Crippen LogP contribution in [-0.2, 0) is 0 Å². The first-order valence-electron chi connectivity index (χ1n) is 6.11. The van der Waals surface area contributed by atoms with Crippen molar-refractivity contribution in [2.75, 3.05) is 0 Å². The third kappa shape index (κ3) is 2.25. The Bertz CT molecular complexity index is 453. The molecule has 1 aromatic rings. The van der Waals surface area contributed by atoms with Gasteiger partial charge in [-0.05, 0) is 43.9 Å². The van der Waals surface area contributed by atoms with Crippen molar-refractivity contribution in [3.8, 4) is 0 Å². The van der Waals surface area contributed by atoms with Crippen molar-refractivity contribution in [2.24, 2.45) is 0 Å². The second-order valence-electron chi connectivity index (χ2n) is 5.01. The molecule has 3 heteroatoms. The quantitative estimate of drug-likeness (QED) is 0.787. The number of fused-ring (bicyclic) bond motifs is 2. The van der Waals surface area contributed by atoms with E-state index in [4.69, 9.17) is 0 Å². The van der Waals surface area contributed by atoms with Crippen molar-refractivity contribution in [2.45, 2.75) is 37.8 Å². The van der Waals surface area contributed by atoms with E-state index < -0.39 is 0 Å². The molecule has 0 aromatic heterocycles. The van der Waals surface area contributed by atoms with Gasteiger partial charge in [0.05, 0.1) is 0 Å². The fourth-order valence-corrected chi connectivity index (χ4v) is 2.90. The number of nitrogens with one attached hydrogen (secondary N) is 1. The van der Waals surface area contributed by atoms with Crippen LogP contribution in [0.3, 0.4) is 0 Å². The van der Waals surface area contributed by atoms with Crippen molar-refractivity contribution in [3.63, 3.8) is 0 Å². The van der Waals surface area contributed by atoms with Gasteiger partial charge in [-0.25, -0.2) is 8.78 Å². The summed E-state index contributed by atoms with van der Waals surface area (Å²) in [5.74, 6) is -0.722. The number of hydrogen-bond acceptors (Lipinski definition) is 1. The van der Waals surface area contributed by atoms with Crippen LogP contribution in [0.15, 0.2) is 23.8 Å². The largest absolute Gasteiger partial charge is 0.311 e. The maximum atomic E-state index is 13.5. The van der Waals surface area contributed by atoms with Gasteiger partial charge in [0.2, 0.25) is 0 Å². The first kappa shape index (κ1) is 10.9. The molecule has 2 saturated heterocycles. The van der Waals surface area contributed by atoms with Gasteiger partial charge >= 0.3 is 0 Å². The predicted molar refractivity (Wildman–Crippen MR) is 63.5 cm³/mol. The highest BCUT2D eigenvalue weighted by Gasteiger charge is 2.30. The zero-order valence-electron chi connectivity index (χ0n) is 9.55. The molecule has 0 saturated carbocycles. The Kier molecular flexibility index (Phi) is 2.71. The van der Waals surface area contributed by atoms with E-state index in [2.05, 4.69) is 5.32 Å². The Labute approximate surface area is 99.5 Å². The van der Waals surface area contributed by atoms with Crippen molar-refractivity contribution >= 4 is 6.08 Å². The summed E-state index contributed by atoms with van der Waals surface area (Å²) in [6.45, 7) is 0. The molecule has 0 radical (unpaired) electrons. The van der Waals surface area contributed by atoms with E-state index in [9.17, 15) is 8.78 Å². The topological polar surface area (TPSA) is 12.0 Å². The van der Waals surface area contributed by atoms with E-state index in [-0.39, 0.29) is 11.6 Å². The Balaban J connectivity index is 1.87. The van der Waals surface area contributed by atoms with Gasteiger partial charge in [-0.15, -0.1) is 0 Å². The minimum Gasteiger partial charge on any atom is -0.311 e. The normalized spacial score (nSPS) is 27.3. The Morgan fingerprint density at radius 2 is 1.82 bits per heavy atom. The molecule has 2 aliphatic rings. The molecular weight excluding hydrogens is 220 g/mol.